The zero-order chi connectivity index (χ0) is 16.5. The fourth-order valence-corrected chi connectivity index (χ4v) is 3.20. The van der Waals surface area contributed by atoms with Gasteiger partial charge in [-0.1, -0.05) is 0 Å². The molecule has 0 saturated heterocycles. The summed E-state index contributed by atoms with van der Waals surface area (Å²) in [6, 6.07) is 2.73. The predicted molar refractivity (Wildman–Crippen MR) is 80.6 cm³/mol. The van der Waals surface area contributed by atoms with Crippen LogP contribution >= 0.6 is 0 Å². The molecule has 2 rings (SSSR count). The first kappa shape index (κ1) is 16.5. The molecule has 1 heterocycles. The highest BCUT2D eigenvalue weighted by atomic mass is 32.2. The van der Waals surface area contributed by atoms with Crippen molar-refractivity contribution in [1.29, 1.82) is 0 Å². The van der Waals surface area contributed by atoms with Crippen molar-refractivity contribution in [2.75, 3.05) is 25.6 Å². The highest BCUT2D eigenvalue weighted by Crippen LogP contribution is 2.37. The largest absolute Gasteiger partial charge is 0.495 e. The van der Waals surface area contributed by atoms with Crippen molar-refractivity contribution in [3.05, 3.63) is 12.1 Å². The Hall–Kier alpha value is -1.84. The van der Waals surface area contributed by atoms with E-state index in [0.717, 1.165) is 0 Å². The maximum atomic E-state index is 12.4. The Morgan fingerprint density at radius 2 is 2.14 bits per heavy atom. The van der Waals surface area contributed by atoms with E-state index in [-0.39, 0.29) is 35.5 Å². The van der Waals surface area contributed by atoms with E-state index in [2.05, 4.69) is 10.0 Å². The number of methoxy groups -OCH3 is 1. The number of ether oxygens (including phenoxy) is 2. The number of fused-ring (bicyclic) bond motifs is 1. The molecule has 4 N–H and O–H groups in total. The number of amides is 1. The van der Waals surface area contributed by atoms with Gasteiger partial charge in [0.2, 0.25) is 10.0 Å². The van der Waals surface area contributed by atoms with Gasteiger partial charge in [0.15, 0.2) is 6.61 Å². The number of carbonyl (C=O) groups is 1. The lowest BCUT2D eigenvalue weighted by Crippen LogP contribution is -2.45. The first-order valence-corrected chi connectivity index (χ1v) is 8.04. The van der Waals surface area contributed by atoms with Crippen LogP contribution in [0.3, 0.4) is 0 Å². The van der Waals surface area contributed by atoms with Crippen molar-refractivity contribution in [2.45, 2.75) is 24.3 Å². The van der Waals surface area contributed by atoms with Gasteiger partial charge in [-0.15, -0.1) is 0 Å². The molecular formula is C13H19N3O5S. The average molecular weight is 329 g/mol. The minimum atomic E-state index is -3.83. The summed E-state index contributed by atoms with van der Waals surface area (Å²) in [4.78, 5) is 11.2. The maximum absolute atomic E-state index is 12.4. The highest BCUT2D eigenvalue weighted by Gasteiger charge is 2.26. The summed E-state index contributed by atoms with van der Waals surface area (Å²) in [7, 11) is -2.48. The summed E-state index contributed by atoms with van der Waals surface area (Å²) < 4.78 is 37.6. The summed E-state index contributed by atoms with van der Waals surface area (Å²) in [6.45, 7) is 3.31. The predicted octanol–water partition coefficient (Wildman–Crippen LogP) is 0.0417. The Bertz CT molecular complexity index is 694. The van der Waals surface area contributed by atoms with Gasteiger partial charge in [-0.3, -0.25) is 4.79 Å². The number of benzene rings is 1. The van der Waals surface area contributed by atoms with Gasteiger partial charge in [0.1, 0.15) is 16.4 Å². The standard InChI is InChI=1S/C13H19N3O5S/c1-13(2,14)7-15-22(18,19)11-5-9-8(4-10(11)20-3)16-12(17)6-21-9/h4-5,15H,6-7,14H2,1-3H3,(H,16,17). The van der Waals surface area contributed by atoms with Crippen LogP contribution in [0.25, 0.3) is 0 Å². The molecule has 8 nitrogen and oxygen atoms in total. The Kier molecular flexibility index (Phi) is 4.32. The molecule has 0 aromatic heterocycles. The second-order valence-electron chi connectivity index (χ2n) is 5.65. The molecule has 0 radical (unpaired) electrons. The van der Waals surface area contributed by atoms with E-state index < -0.39 is 15.6 Å². The number of nitrogens with two attached hydrogens (primary N) is 1. The van der Waals surface area contributed by atoms with Crippen LogP contribution < -0.4 is 25.2 Å². The maximum Gasteiger partial charge on any atom is 0.262 e. The van der Waals surface area contributed by atoms with Crippen LogP contribution in [0.5, 0.6) is 11.5 Å². The summed E-state index contributed by atoms with van der Waals surface area (Å²) in [5.74, 6) is 0.0628. The molecule has 1 aliphatic rings. The molecular weight excluding hydrogens is 310 g/mol. The minimum Gasteiger partial charge on any atom is -0.495 e. The van der Waals surface area contributed by atoms with Crippen molar-refractivity contribution in [3.8, 4) is 11.5 Å². The molecule has 0 bridgehead atoms. The van der Waals surface area contributed by atoms with Gasteiger partial charge in [-0.05, 0) is 13.8 Å². The zero-order valence-electron chi connectivity index (χ0n) is 12.6. The number of sulfonamides is 1. The molecule has 0 saturated carbocycles. The quantitative estimate of drug-likeness (QED) is 0.702. The number of nitrogens with one attached hydrogen (secondary N) is 2. The molecule has 9 heteroatoms. The Morgan fingerprint density at radius 1 is 1.45 bits per heavy atom. The molecule has 0 aliphatic carbocycles. The fourth-order valence-electron chi connectivity index (χ4n) is 1.82. The molecule has 22 heavy (non-hydrogen) atoms. The SMILES string of the molecule is COc1cc2c(cc1S(=O)(=O)NCC(C)(C)N)OCC(=O)N2. The molecule has 0 atom stereocenters. The normalized spacial score (nSPS) is 14.8. The third-order valence-corrected chi connectivity index (χ3v) is 4.33. The molecule has 1 aromatic carbocycles. The van der Waals surface area contributed by atoms with E-state index in [1.165, 1.54) is 19.2 Å². The van der Waals surface area contributed by atoms with Gasteiger partial charge in [0, 0.05) is 24.2 Å². The highest BCUT2D eigenvalue weighted by molar-refractivity contribution is 7.89. The smallest absolute Gasteiger partial charge is 0.262 e. The van der Waals surface area contributed by atoms with Gasteiger partial charge in [-0.2, -0.15) is 0 Å². The summed E-state index contributed by atoms with van der Waals surface area (Å²) >= 11 is 0. The van der Waals surface area contributed by atoms with Crippen LogP contribution in [0.15, 0.2) is 17.0 Å². The van der Waals surface area contributed by atoms with Gasteiger partial charge in [0.05, 0.1) is 12.8 Å². The van der Waals surface area contributed by atoms with Crippen molar-refractivity contribution in [2.24, 2.45) is 5.73 Å². The second kappa shape index (κ2) is 5.75. The van der Waals surface area contributed by atoms with Crippen LogP contribution in [0.2, 0.25) is 0 Å². The lowest BCUT2D eigenvalue weighted by molar-refractivity contribution is -0.118. The van der Waals surface area contributed by atoms with Crippen LogP contribution in [0.1, 0.15) is 13.8 Å². The van der Waals surface area contributed by atoms with Gasteiger partial charge in [-0.25, -0.2) is 13.1 Å². The lowest BCUT2D eigenvalue weighted by atomic mass is 10.1. The third-order valence-electron chi connectivity index (χ3n) is 2.91. The molecule has 0 fully saturated rings. The first-order chi connectivity index (χ1) is 10.1. The Balaban J connectivity index is 2.40. The van der Waals surface area contributed by atoms with E-state index in [4.69, 9.17) is 15.2 Å². The van der Waals surface area contributed by atoms with Gasteiger partial charge < -0.3 is 20.5 Å². The third kappa shape index (κ3) is 3.67. The van der Waals surface area contributed by atoms with E-state index in [0.29, 0.717) is 5.69 Å². The Labute approximate surface area is 129 Å². The number of hydrogen-bond acceptors (Lipinski definition) is 6. The topological polar surface area (TPSA) is 120 Å². The zero-order valence-corrected chi connectivity index (χ0v) is 13.4. The molecule has 0 unspecified atom stereocenters. The monoisotopic (exact) mass is 329 g/mol. The number of anilines is 1. The van der Waals surface area contributed by atoms with E-state index >= 15 is 0 Å². The Morgan fingerprint density at radius 3 is 2.73 bits per heavy atom. The average Bonchev–Trinajstić information content (AvgIpc) is 2.43. The van der Waals surface area contributed by atoms with E-state index in [1.54, 1.807) is 13.8 Å². The lowest BCUT2D eigenvalue weighted by Gasteiger charge is -2.22. The van der Waals surface area contributed by atoms with Crippen LogP contribution in [0, 0.1) is 0 Å². The van der Waals surface area contributed by atoms with Crippen LogP contribution in [-0.4, -0.2) is 40.1 Å². The molecule has 1 aliphatic heterocycles. The number of carbonyl (C=O) groups excluding carboxylic acids is 1. The molecule has 1 amide bonds. The van der Waals surface area contributed by atoms with Crippen molar-refractivity contribution < 1.29 is 22.7 Å². The summed E-state index contributed by atoms with van der Waals surface area (Å²) in [5.41, 5.74) is 5.46. The number of rotatable bonds is 5. The van der Waals surface area contributed by atoms with Gasteiger partial charge in [0.25, 0.3) is 5.91 Å². The number of hydrogen-bond donors (Lipinski definition) is 3. The summed E-state index contributed by atoms with van der Waals surface area (Å²) in [5, 5.41) is 2.59. The van der Waals surface area contributed by atoms with Crippen molar-refractivity contribution in [3.63, 3.8) is 0 Å². The fraction of sp³-hybridized carbons (Fsp3) is 0.462. The van der Waals surface area contributed by atoms with Crippen LogP contribution in [-0.2, 0) is 14.8 Å². The van der Waals surface area contributed by atoms with E-state index in [1.807, 2.05) is 0 Å². The molecule has 1 aromatic rings. The molecule has 0 spiro atoms. The minimum absolute atomic E-state index is 0.0627. The van der Waals surface area contributed by atoms with E-state index in [9.17, 15) is 13.2 Å². The van der Waals surface area contributed by atoms with Crippen LogP contribution in [0.4, 0.5) is 5.69 Å². The van der Waals surface area contributed by atoms with Crippen molar-refractivity contribution >= 4 is 21.6 Å². The molecule has 122 valence electrons. The van der Waals surface area contributed by atoms with Gasteiger partial charge >= 0.3 is 0 Å². The second-order valence-corrected chi connectivity index (χ2v) is 7.38. The first-order valence-electron chi connectivity index (χ1n) is 6.55. The summed E-state index contributed by atoms with van der Waals surface area (Å²) in [6.07, 6.45) is 0. The van der Waals surface area contributed by atoms with Crippen molar-refractivity contribution in [1.82, 2.24) is 4.72 Å².